The highest BCUT2D eigenvalue weighted by molar-refractivity contribution is 6.41. The molecule has 86 valence electrons. The van der Waals surface area contributed by atoms with Crippen LogP contribution in [0.3, 0.4) is 0 Å². The minimum absolute atomic E-state index is 0.0293. The van der Waals surface area contributed by atoms with E-state index < -0.39 is 0 Å². The summed E-state index contributed by atoms with van der Waals surface area (Å²) in [4.78, 5) is 14.4. The molecule has 0 saturated carbocycles. The lowest BCUT2D eigenvalue weighted by atomic mass is 10.1. The predicted octanol–water partition coefficient (Wildman–Crippen LogP) is 2.85. The molecule has 1 aromatic rings. The van der Waals surface area contributed by atoms with E-state index in [1.807, 2.05) is 6.92 Å². The Morgan fingerprint density at radius 2 is 2.38 bits per heavy atom. The highest BCUT2D eigenvalue weighted by atomic mass is 35.5. The Morgan fingerprint density at radius 3 is 2.81 bits per heavy atom. The maximum atomic E-state index is 11.7. The monoisotopic (exact) mass is 258 g/mol. The topological polar surface area (TPSA) is 44.9 Å². The van der Waals surface area contributed by atoms with Gasteiger partial charge in [0.15, 0.2) is 0 Å². The fraction of sp³-hybridized carbons (Fsp3) is 0.364. The molecule has 0 aliphatic rings. The molecule has 0 fully saturated rings. The smallest absolute Gasteiger partial charge is 0.268 e. The summed E-state index contributed by atoms with van der Waals surface area (Å²) in [6, 6.07) is 1.46. The first kappa shape index (κ1) is 13.0. The van der Waals surface area contributed by atoms with Crippen molar-refractivity contribution in [2.75, 3.05) is 0 Å². The number of aromatic amines is 1. The Morgan fingerprint density at radius 1 is 1.69 bits per heavy atom. The van der Waals surface area contributed by atoms with Gasteiger partial charge in [-0.1, -0.05) is 30.1 Å². The van der Waals surface area contributed by atoms with Gasteiger partial charge in [-0.3, -0.25) is 4.79 Å². The number of rotatable bonds is 4. The molecule has 1 aromatic heterocycles. The van der Waals surface area contributed by atoms with Gasteiger partial charge in [0, 0.05) is 12.5 Å². The van der Waals surface area contributed by atoms with Crippen molar-refractivity contribution in [3.8, 4) is 12.3 Å². The average Bonchev–Trinajstić information content (AvgIpc) is 2.58. The zero-order valence-corrected chi connectivity index (χ0v) is 10.3. The molecule has 0 bridgehead atoms. The molecule has 0 aliphatic heterocycles. The van der Waals surface area contributed by atoms with Gasteiger partial charge in [-0.05, 0) is 12.5 Å². The van der Waals surface area contributed by atoms with Crippen LogP contribution in [-0.4, -0.2) is 16.9 Å². The van der Waals surface area contributed by atoms with Gasteiger partial charge in [0.05, 0.1) is 5.02 Å². The van der Waals surface area contributed by atoms with Crippen LogP contribution in [0.15, 0.2) is 6.07 Å². The van der Waals surface area contributed by atoms with Crippen LogP contribution >= 0.6 is 23.2 Å². The number of terminal acetylenes is 1. The fourth-order valence-corrected chi connectivity index (χ4v) is 1.54. The summed E-state index contributed by atoms with van der Waals surface area (Å²) in [5.41, 5.74) is 0.338. The first-order valence-corrected chi connectivity index (χ1v) is 5.62. The predicted molar refractivity (Wildman–Crippen MR) is 65.8 cm³/mol. The van der Waals surface area contributed by atoms with E-state index in [2.05, 4.69) is 16.2 Å². The number of hydrogen-bond acceptors (Lipinski definition) is 1. The molecule has 1 heterocycles. The molecule has 1 unspecified atom stereocenters. The molecule has 16 heavy (non-hydrogen) atoms. The van der Waals surface area contributed by atoms with Crippen molar-refractivity contribution in [3.05, 3.63) is 21.9 Å². The fourth-order valence-electron chi connectivity index (χ4n) is 1.23. The van der Waals surface area contributed by atoms with Crippen molar-refractivity contribution < 1.29 is 4.79 Å². The molecule has 0 aromatic carbocycles. The third kappa shape index (κ3) is 3.19. The molecule has 2 N–H and O–H groups in total. The Labute approximate surface area is 105 Å². The van der Waals surface area contributed by atoms with Crippen molar-refractivity contribution in [2.45, 2.75) is 25.8 Å². The molecule has 0 spiro atoms. The van der Waals surface area contributed by atoms with Crippen molar-refractivity contribution >= 4 is 29.1 Å². The number of carbonyl (C=O) groups is 1. The van der Waals surface area contributed by atoms with Crippen LogP contribution in [-0.2, 0) is 0 Å². The number of nitrogens with one attached hydrogen (secondary N) is 2. The summed E-state index contributed by atoms with van der Waals surface area (Å²) in [5, 5.41) is 3.39. The molecular weight excluding hydrogens is 247 g/mol. The molecule has 5 heteroatoms. The maximum Gasteiger partial charge on any atom is 0.268 e. The third-order valence-electron chi connectivity index (χ3n) is 2.16. The van der Waals surface area contributed by atoms with Gasteiger partial charge in [0.1, 0.15) is 10.8 Å². The van der Waals surface area contributed by atoms with E-state index in [1.54, 1.807) is 0 Å². The largest absolute Gasteiger partial charge is 0.347 e. The molecule has 3 nitrogen and oxygen atoms in total. The lowest BCUT2D eigenvalue weighted by Crippen LogP contribution is -2.34. The van der Waals surface area contributed by atoms with Crippen LogP contribution in [0.25, 0.3) is 0 Å². The zero-order valence-electron chi connectivity index (χ0n) is 8.81. The first-order valence-electron chi connectivity index (χ1n) is 4.86. The quantitative estimate of drug-likeness (QED) is 0.802. The Kier molecular flexibility index (Phi) is 4.72. The summed E-state index contributed by atoms with van der Waals surface area (Å²) < 4.78 is 0. The summed E-state index contributed by atoms with van der Waals surface area (Å²) in [5.74, 6) is 2.26. The number of amides is 1. The number of hydrogen-bond donors (Lipinski definition) is 2. The molecular formula is C11H12Cl2N2O. The van der Waals surface area contributed by atoms with E-state index in [1.165, 1.54) is 6.07 Å². The molecule has 1 rings (SSSR count). The second-order valence-electron chi connectivity index (χ2n) is 3.33. The van der Waals surface area contributed by atoms with E-state index in [9.17, 15) is 4.79 Å². The second kappa shape index (κ2) is 5.83. The number of carbonyl (C=O) groups excluding carboxylic acids is 1. The van der Waals surface area contributed by atoms with Crippen molar-refractivity contribution in [2.24, 2.45) is 0 Å². The third-order valence-corrected chi connectivity index (χ3v) is 2.85. The van der Waals surface area contributed by atoms with Crippen molar-refractivity contribution in [3.63, 3.8) is 0 Å². The van der Waals surface area contributed by atoms with E-state index in [0.717, 1.165) is 6.42 Å². The molecule has 1 amide bonds. The summed E-state index contributed by atoms with van der Waals surface area (Å²) in [7, 11) is 0. The lowest BCUT2D eigenvalue weighted by molar-refractivity contribution is 0.0932. The maximum absolute atomic E-state index is 11.7. The average molecular weight is 259 g/mol. The van der Waals surface area contributed by atoms with Gasteiger partial charge in [-0.15, -0.1) is 12.3 Å². The van der Waals surface area contributed by atoms with Gasteiger partial charge >= 0.3 is 0 Å². The Balaban J connectivity index is 2.68. The van der Waals surface area contributed by atoms with E-state index in [4.69, 9.17) is 29.6 Å². The standard InChI is InChI=1S/C11H12Cl2N2O/c1-3-5-7(4-2)14-11(16)9-6-8(12)10(13)15-9/h1,6-7,15H,4-5H2,2H3,(H,14,16). The van der Waals surface area contributed by atoms with Crippen LogP contribution in [0.2, 0.25) is 10.2 Å². The number of halogens is 2. The highest BCUT2D eigenvalue weighted by Gasteiger charge is 2.14. The second-order valence-corrected chi connectivity index (χ2v) is 4.12. The molecule has 0 saturated heterocycles. The van der Waals surface area contributed by atoms with Crippen molar-refractivity contribution in [1.82, 2.24) is 10.3 Å². The van der Waals surface area contributed by atoms with Gasteiger partial charge in [0.2, 0.25) is 0 Å². The van der Waals surface area contributed by atoms with Crippen LogP contribution in [0, 0.1) is 12.3 Å². The highest BCUT2D eigenvalue weighted by Crippen LogP contribution is 2.21. The number of H-pyrrole nitrogens is 1. The van der Waals surface area contributed by atoms with Gasteiger partial charge < -0.3 is 10.3 Å². The van der Waals surface area contributed by atoms with Crippen molar-refractivity contribution in [1.29, 1.82) is 0 Å². The van der Waals surface area contributed by atoms with Crippen LogP contribution in [0.4, 0.5) is 0 Å². The van der Waals surface area contributed by atoms with Crippen LogP contribution in [0.1, 0.15) is 30.3 Å². The molecule has 0 aliphatic carbocycles. The van der Waals surface area contributed by atoms with Crippen LogP contribution in [0.5, 0.6) is 0 Å². The Hall–Kier alpha value is -1.11. The lowest BCUT2D eigenvalue weighted by Gasteiger charge is -2.13. The minimum atomic E-state index is -0.254. The zero-order chi connectivity index (χ0) is 12.1. The normalized spacial score (nSPS) is 11.9. The van der Waals surface area contributed by atoms with Crippen LogP contribution < -0.4 is 5.32 Å². The van der Waals surface area contributed by atoms with Gasteiger partial charge in [-0.2, -0.15) is 0 Å². The van der Waals surface area contributed by atoms with E-state index >= 15 is 0 Å². The molecule has 1 atom stereocenters. The first-order chi connectivity index (χ1) is 7.58. The Bertz CT molecular complexity index is 401. The molecule has 0 radical (unpaired) electrons. The van der Waals surface area contributed by atoms with E-state index in [0.29, 0.717) is 17.1 Å². The van der Waals surface area contributed by atoms with Gasteiger partial charge in [0.25, 0.3) is 5.91 Å². The summed E-state index contributed by atoms with van der Waals surface area (Å²) in [6.07, 6.45) is 6.48. The SMILES string of the molecule is C#CCC(CC)NC(=O)c1cc(Cl)c(Cl)[nH]1. The number of aromatic nitrogens is 1. The summed E-state index contributed by atoms with van der Waals surface area (Å²) >= 11 is 11.4. The van der Waals surface area contributed by atoms with Gasteiger partial charge in [-0.25, -0.2) is 0 Å². The minimum Gasteiger partial charge on any atom is -0.347 e. The summed E-state index contributed by atoms with van der Waals surface area (Å²) in [6.45, 7) is 1.96. The van der Waals surface area contributed by atoms with E-state index in [-0.39, 0.29) is 17.1 Å².